The van der Waals surface area contributed by atoms with Gasteiger partial charge in [-0.2, -0.15) is 0 Å². The van der Waals surface area contributed by atoms with Gasteiger partial charge < -0.3 is 15.2 Å². The molecule has 0 aliphatic rings. The molecule has 0 aliphatic carbocycles. The highest BCUT2D eigenvalue weighted by Gasteiger charge is 2.03. The van der Waals surface area contributed by atoms with Crippen molar-refractivity contribution in [1.82, 2.24) is 0 Å². The van der Waals surface area contributed by atoms with E-state index in [1.165, 1.54) is 0 Å². The van der Waals surface area contributed by atoms with Gasteiger partial charge in [-0.25, -0.2) is 0 Å². The van der Waals surface area contributed by atoms with E-state index < -0.39 is 0 Å². The molecule has 82 valence electrons. The Morgan fingerprint density at radius 2 is 2.33 bits per heavy atom. The molecular weight excluding hydrogens is 218 g/mol. The molecule has 0 radical (unpaired) electrons. The number of halogens is 1. The second-order valence-corrected chi connectivity index (χ2v) is 3.26. The number of benzene rings is 1. The number of anilines is 1. The van der Waals surface area contributed by atoms with Crippen molar-refractivity contribution in [3.05, 3.63) is 23.2 Å². The minimum atomic E-state index is 0.0734. The number of hydrogen-bond donors (Lipinski definition) is 2. The fourth-order valence-corrected chi connectivity index (χ4v) is 1.22. The van der Waals surface area contributed by atoms with Crippen molar-refractivity contribution in [3.8, 4) is 5.75 Å². The number of hydrogen-bond acceptors (Lipinski definition) is 3. The first kappa shape index (κ1) is 11.8. The number of carbonyl (C=O) groups is 1. The molecule has 0 aromatic heterocycles. The normalized spacial score (nSPS) is 9.73. The number of amides is 1. The first-order chi connectivity index (χ1) is 7.27. The maximum atomic E-state index is 10.3. The van der Waals surface area contributed by atoms with Gasteiger partial charge in [0, 0.05) is 18.1 Å². The van der Waals surface area contributed by atoms with Gasteiger partial charge in [0.25, 0.3) is 0 Å². The Kier molecular flexibility index (Phi) is 4.93. The van der Waals surface area contributed by atoms with Crippen molar-refractivity contribution in [2.24, 2.45) is 0 Å². The molecule has 1 rings (SSSR count). The predicted octanol–water partition coefficient (Wildman–Crippen LogP) is 1.67. The lowest BCUT2D eigenvalue weighted by Crippen LogP contribution is -2.03. The molecule has 0 spiro atoms. The highest BCUT2D eigenvalue weighted by molar-refractivity contribution is 6.31. The van der Waals surface area contributed by atoms with E-state index >= 15 is 0 Å². The second kappa shape index (κ2) is 6.27. The largest absolute Gasteiger partial charge is 0.491 e. The maximum absolute atomic E-state index is 10.3. The van der Waals surface area contributed by atoms with Crippen LogP contribution in [-0.2, 0) is 4.79 Å². The van der Waals surface area contributed by atoms with Crippen LogP contribution in [0.15, 0.2) is 18.2 Å². The first-order valence-corrected chi connectivity index (χ1v) is 4.89. The van der Waals surface area contributed by atoms with Crippen molar-refractivity contribution in [2.45, 2.75) is 6.42 Å². The smallest absolute Gasteiger partial charge is 0.211 e. The van der Waals surface area contributed by atoms with Gasteiger partial charge >= 0.3 is 0 Å². The zero-order valence-corrected chi connectivity index (χ0v) is 8.83. The summed E-state index contributed by atoms with van der Waals surface area (Å²) >= 11 is 5.76. The maximum Gasteiger partial charge on any atom is 0.211 e. The number of nitrogens with one attached hydrogen (secondary N) is 1. The third-order valence-electron chi connectivity index (χ3n) is 1.72. The minimum Gasteiger partial charge on any atom is -0.491 e. The molecule has 0 aliphatic heterocycles. The lowest BCUT2D eigenvalue weighted by molar-refractivity contribution is -0.105. The minimum absolute atomic E-state index is 0.0734. The summed E-state index contributed by atoms with van der Waals surface area (Å²) in [6.07, 6.45) is 1.10. The average molecular weight is 230 g/mol. The molecule has 1 aromatic rings. The number of carbonyl (C=O) groups excluding carboxylic acids is 1. The summed E-state index contributed by atoms with van der Waals surface area (Å²) in [5.74, 6) is 0.542. The van der Waals surface area contributed by atoms with Gasteiger partial charge in [0.2, 0.25) is 6.41 Å². The molecule has 0 saturated carbocycles. The van der Waals surface area contributed by atoms with Crippen LogP contribution < -0.4 is 10.1 Å². The van der Waals surface area contributed by atoms with Crippen LogP contribution in [0, 0.1) is 0 Å². The van der Waals surface area contributed by atoms with Crippen molar-refractivity contribution in [1.29, 1.82) is 0 Å². The summed E-state index contributed by atoms with van der Waals surface area (Å²) in [5, 5.41) is 11.6. The summed E-state index contributed by atoms with van der Waals surface area (Å²) in [5.41, 5.74) is 0.524. The first-order valence-electron chi connectivity index (χ1n) is 4.51. The van der Waals surface area contributed by atoms with E-state index in [9.17, 15) is 4.79 Å². The quantitative estimate of drug-likeness (QED) is 0.576. The highest BCUT2D eigenvalue weighted by atomic mass is 35.5. The van der Waals surface area contributed by atoms with Crippen LogP contribution >= 0.6 is 11.6 Å². The molecule has 0 unspecified atom stereocenters. The SMILES string of the molecule is O=CNc1cc(Cl)ccc1OCCCO. The van der Waals surface area contributed by atoms with Crippen LogP contribution in [0.3, 0.4) is 0 Å². The summed E-state index contributed by atoms with van der Waals surface area (Å²) in [4.78, 5) is 10.3. The lowest BCUT2D eigenvalue weighted by atomic mass is 10.3. The molecule has 0 fully saturated rings. The lowest BCUT2D eigenvalue weighted by Gasteiger charge is -2.10. The van der Waals surface area contributed by atoms with Gasteiger partial charge in [-0.3, -0.25) is 4.79 Å². The molecule has 4 nitrogen and oxygen atoms in total. The van der Waals surface area contributed by atoms with Crippen LogP contribution in [0.25, 0.3) is 0 Å². The van der Waals surface area contributed by atoms with E-state index in [0.29, 0.717) is 35.9 Å². The van der Waals surface area contributed by atoms with Gasteiger partial charge in [0.15, 0.2) is 0 Å². The van der Waals surface area contributed by atoms with Gasteiger partial charge in [0.05, 0.1) is 12.3 Å². The zero-order valence-electron chi connectivity index (χ0n) is 8.07. The molecule has 0 saturated heterocycles. The number of rotatable bonds is 6. The van der Waals surface area contributed by atoms with E-state index in [-0.39, 0.29) is 6.61 Å². The Labute approximate surface area is 92.8 Å². The monoisotopic (exact) mass is 229 g/mol. The molecule has 1 amide bonds. The Morgan fingerprint density at radius 3 is 3.00 bits per heavy atom. The fraction of sp³-hybridized carbons (Fsp3) is 0.300. The number of ether oxygens (including phenoxy) is 1. The van der Waals surface area contributed by atoms with E-state index in [4.69, 9.17) is 21.4 Å². The standard InChI is InChI=1S/C10H12ClNO3/c11-8-2-3-10(15-5-1-4-13)9(6-8)12-7-14/h2-3,6-7,13H,1,4-5H2,(H,12,14). The molecule has 2 N–H and O–H groups in total. The van der Waals surface area contributed by atoms with Gasteiger partial charge in [-0.15, -0.1) is 0 Å². The van der Waals surface area contributed by atoms with E-state index in [1.807, 2.05) is 0 Å². The second-order valence-electron chi connectivity index (χ2n) is 2.83. The summed E-state index contributed by atoms with van der Waals surface area (Å²) in [6.45, 7) is 0.468. The molecule has 0 bridgehead atoms. The van der Waals surface area contributed by atoms with Gasteiger partial charge in [-0.05, 0) is 18.2 Å². The number of aliphatic hydroxyl groups excluding tert-OH is 1. The van der Waals surface area contributed by atoms with Crippen molar-refractivity contribution in [2.75, 3.05) is 18.5 Å². The molecule has 0 heterocycles. The van der Waals surface area contributed by atoms with Crippen LogP contribution in [0.1, 0.15) is 6.42 Å². The zero-order chi connectivity index (χ0) is 11.1. The van der Waals surface area contributed by atoms with Crippen LogP contribution in [0.2, 0.25) is 5.02 Å². The molecule has 5 heteroatoms. The Hall–Kier alpha value is -1.26. The van der Waals surface area contributed by atoms with Crippen LogP contribution in [-0.4, -0.2) is 24.7 Å². The third-order valence-corrected chi connectivity index (χ3v) is 1.95. The van der Waals surface area contributed by atoms with E-state index in [1.54, 1.807) is 18.2 Å². The van der Waals surface area contributed by atoms with Crippen molar-refractivity contribution < 1.29 is 14.6 Å². The van der Waals surface area contributed by atoms with Crippen LogP contribution in [0.5, 0.6) is 5.75 Å². The number of aliphatic hydroxyl groups is 1. The molecular formula is C10H12ClNO3. The van der Waals surface area contributed by atoms with E-state index in [0.717, 1.165) is 0 Å². The Bertz CT molecular complexity index is 330. The summed E-state index contributed by atoms with van der Waals surface area (Å²) in [6, 6.07) is 4.95. The summed E-state index contributed by atoms with van der Waals surface area (Å²) < 4.78 is 5.35. The molecule has 0 atom stereocenters. The van der Waals surface area contributed by atoms with E-state index in [2.05, 4.69) is 5.32 Å². The van der Waals surface area contributed by atoms with Gasteiger partial charge in [-0.1, -0.05) is 11.6 Å². The predicted molar refractivity (Wildman–Crippen MR) is 58.3 cm³/mol. The van der Waals surface area contributed by atoms with Gasteiger partial charge in [0.1, 0.15) is 5.75 Å². The molecule has 15 heavy (non-hydrogen) atoms. The highest BCUT2D eigenvalue weighted by Crippen LogP contribution is 2.27. The topological polar surface area (TPSA) is 58.6 Å². The van der Waals surface area contributed by atoms with Crippen molar-refractivity contribution in [3.63, 3.8) is 0 Å². The van der Waals surface area contributed by atoms with Crippen molar-refractivity contribution >= 4 is 23.7 Å². The Balaban J connectivity index is 2.71. The summed E-state index contributed by atoms with van der Waals surface area (Å²) in [7, 11) is 0. The third kappa shape index (κ3) is 3.77. The average Bonchev–Trinajstić information content (AvgIpc) is 2.22. The molecule has 1 aromatic carbocycles. The van der Waals surface area contributed by atoms with Crippen LogP contribution in [0.4, 0.5) is 5.69 Å². The Morgan fingerprint density at radius 1 is 1.53 bits per heavy atom. The fourth-order valence-electron chi connectivity index (χ4n) is 1.05.